The molecule has 1 aliphatic carbocycles. The molecule has 0 saturated heterocycles. The lowest BCUT2D eigenvalue weighted by Gasteiger charge is -2.29. The molecule has 2 aromatic carbocycles. The van der Waals surface area contributed by atoms with Gasteiger partial charge in [-0.25, -0.2) is 0 Å². The molecule has 0 N–H and O–H groups in total. The topological polar surface area (TPSA) is 24.7 Å². The summed E-state index contributed by atoms with van der Waals surface area (Å²) in [6.07, 6.45) is 19.1. The van der Waals surface area contributed by atoms with Crippen LogP contribution >= 0.6 is 0 Å². The molecule has 0 radical (unpaired) electrons. The van der Waals surface area contributed by atoms with Crippen LogP contribution in [-0.4, -0.2) is 11.9 Å². The molecule has 1 aliphatic rings. The van der Waals surface area contributed by atoms with Gasteiger partial charge in [0.15, 0.2) is 0 Å². The van der Waals surface area contributed by atoms with Crippen LogP contribution in [0.1, 0.15) is 94.2 Å². The fourth-order valence-electron chi connectivity index (χ4n) is 4.92. The number of unbranched alkanes of at least 4 members (excludes halogenated alkanes) is 4. The van der Waals surface area contributed by atoms with Gasteiger partial charge in [0.2, 0.25) is 0 Å². The van der Waals surface area contributed by atoms with Crippen LogP contribution in [0, 0.1) is 11.8 Å². The summed E-state index contributed by atoms with van der Waals surface area (Å²) in [7, 11) is 0. The fraction of sp³-hybridized carbons (Fsp3) is 0.484. The van der Waals surface area contributed by atoms with Crippen LogP contribution in [0.4, 0.5) is 0 Å². The molecule has 2 heteroatoms. The van der Waals surface area contributed by atoms with Gasteiger partial charge in [-0.05, 0) is 74.0 Å². The Morgan fingerprint density at radius 1 is 0.909 bits per heavy atom. The van der Waals surface area contributed by atoms with Gasteiger partial charge >= 0.3 is 0 Å². The highest BCUT2D eigenvalue weighted by Crippen LogP contribution is 2.34. The average molecular weight is 443 g/mol. The van der Waals surface area contributed by atoms with Crippen LogP contribution in [0.2, 0.25) is 0 Å². The SMILES string of the molecule is C=CCCCCCc1ccc(C=NN=C(c2ccccc2)C2CCC(CCCC)CC2)cc1. The number of hydrogen-bond acceptors (Lipinski definition) is 2. The molecule has 0 aromatic heterocycles. The summed E-state index contributed by atoms with van der Waals surface area (Å²) in [5.74, 6) is 1.42. The molecule has 33 heavy (non-hydrogen) atoms. The summed E-state index contributed by atoms with van der Waals surface area (Å²) in [5.41, 5.74) is 4.90. The van der Waals surface area contributed by atoms with Crippen LogP contribution in [0.5, 0.6) is 0 Å². The standard InChI is InChI=1S/C31H42N2/c1-3-5-7-8-10-14-27-17-19-28(20-18-27)25-32-33-31(29-15-11-9-12-16-29)30-23-21-26(22-24-30)13-6-4-2/h3,9,11-12,15-20,25-26,30H,1,4-8,10,13-14,21-24H2,2H3. The predicted octanol–water partition coefficient (Wildman–Crippen LogP) is 8.80. The van der Waals surface area contributed by atoms with E-state index < -0.39 is 0 Å². The highest BCUT2D eigenvalue weighted by atomic mass is 15.2. The number of nitrogens with zero attached hydrogens (tertiary/aromatic N) is 2. The summed E-state index contributed by atoms with van der Waals surface area (Å²) >= 11 is 0. The zero-order valence-electron chi connectivity index (χ0n) is 20.6. The van der Waals surface area contributed by atoms with Crippen LogP contribution in [0.3, 0.4) is 0 Å². The minimum atomic E-state index is 0.519. The first kappa shape index (κ1) is 25.1. The van der Waals surface area contributed by atoms with Crippen molar-refractivity contribution in [3.8, 4) is 0 Å². The number of allylic oxidation sites excluding steroid dienone is 1. The Labute approximate surface area is 201 Å². The van der Waals surface area contributed by atoms with Crippen LogP contribution < -0.4 is 0 Å². The first-order valence-electron chi connectivity index (χ1n) is 13.2. The smallest absolute Gasteiger partial charge is 0.0733 e. The molecule has 1 saturated carbocycles. The van der Waals surface area contributed by atoms with E-state index in [0.29, 0.717) is 5.92 Å². The maximum absolute atomic E-state index is 4.78. The highest BCUT2D eigenvalue weighted by Gasteiger charge is 2.25. The third-order valence-corrected chi connectivity index (χ3v) is 6.99. The number of hydrogen-bond donors (Lipinski definition) is 0. The van der Waals surface area contributed by atoms with Crippen molar-refractivity contribution in [1.29, 1.82) is 0 Å². The quantitative estimate of drug-likeness (QED) is 0.128. The van der Waals surface area contributed by atoms with E-state index in [9.17, 15) is 0 Å². The number of rotatable bonds is 13. The Hall–Kier alpha value is -2.48. The predicted molar refractivity (Wildman–Crippen MR) is 144 cm³/mol. The molecule has 2 aromatic rings. The average Bonchev–Trinajstić information content (AvgIpc) is 2.87. The monoisotopic (exact) mass is 442 g/mol. The number of aryl methyl sites for hydroxylation is 1. The van der Waals surface area contributed by atoms with Gasteiger partial charge < -0.3 is 0 Å². The van der Waals surface area contributed by atoms with Crippen molar-refractivity contribution in [2.24, 2.45) is 22.0 Å². The van der Waals surface area contributed by atoms with E-state index in [-0.39, 0.29) is 0 Å². The van der Waals surface area contributed by atoms with Crippen molar-refractivity contribution in [3.63, 3.8) is 0 Å². The minimum Gasteiger partial charge on any atom is -0.158 e. The molecule has 0 atom stereocenters. The van der Waals surface area contributed by atoms with E-state index >= 15 is 0 Å². The maximum Gasteiger partial charge on any atom is 0.0733 e. The highest BCUT2D eigenvalue weighted by molar-refractivity contribution is 6.02. The van der Waals surface area contributed by atoms with Crippen molar-refractivity contribution in [2.75, 3.05) is 0 Å². The van der Waals surface area contributed by atoms with Crippen LogP contribution in [0.25, 0.3) is 0 Å². The van der Waals surface area contributed by atoms with Gasteiger partial charge in [-0.3, -0.25) is 0 Å². The second kappa shape index (κ2) is 14.6. The van der Waals surface area contributed by atoms with E-state index in [1.54, 1.807) is 0 Å². The largest absolute Gasteiger partial charge is 0.158 e. The van der Waals surface area contributed by atoms with Crippen molar-refractivity contribution < 1.29 is 0 Å². The van der Waals surface area contributed by atoms with Gasteiger partial charge in [-0.15, -0.1) is 6.58 Å². The Balaban J connectivity index is 1.60. The third kappa shape index (κ3) is 8.76. The first-order chi connectivity index (χ1) is 16.3. The molecule has 0 heterocycles. The lowest BCUT2D eigenvalue weighted by atomic mass is 9.76. The van der Waals surface area contributed by atoms with E-state index in [4.69, 9.17) is 5.10 Å². The molecule has 3 rings (SSSR count). The number of benzene rings is 2. The maximum atomic E-state index is 4.78. The van der Waals surface area contributed by atoms with E-state index in [2.05, 4.69) is 73.2 Å². The molecular formula is C31H42N2. The van der Waals surface area contributed by atoms with E-state index in [0.717, 1.165) is 30.0 Å². The minimum absolute atomic E-state index is 0.519. The van der Waals surface area contributed by atoms with Gasteiger partial charge in [0.05, 0.1) is 11.9 Å². The van der Waals surface area contributed by atoms with Crippen LogP contribution in [-0.2, 0) is 6.42 Å². The molecule has 0 unspecified atom stereocenters. The second-order valence-corrected chi connectivity index (χ2v) is 9.59. The molecule has 176 valence electrons. The molecule has 0 bridgehead atoms. The molecular weight excluding hydrogens is 400 g/mol. The van der Waals surface area contributed by atoms with Gasteiger partial charge in [-0.1, -0.05) is 93.3 Å². The van der Waals surface area contributed by atoms with Gasteiger partial charge in [0.25, 0.3) is 0 Å². The van der Waals surface area contributed by atoms with Gasteiger partial charge in [-0.2, -0.15) is 10.2 Å². The van der Waals surface area contributed by atoms with E-state index in [1.807, 2.05) is 12.3 Å². The van der Waals surface area contributed by atoms with Gasteiger partial charge in [0.1, 0.15) is 0 Å². The first-order valence-corrected chi connectivity index (χ1v) is 13.2. The molecule has 1 fully saturated rings. The molecule has 2 nitrogen and oxygen atoms in total. The Bertz CT molecular complexity index is 856. The third-order valence-electron chi connectivity index (χ3n) is 6.99. The summed E-state index contributed by atoms with van der Waals surface area (Å²) in [6, 6.07) is 19.5. The zero-order chi connectivity index (χ0) is 23.1. The van der Waals surface area contributed by atoms with Crippen molar-refractivity contribution in [2.45, 2.75) is 84.0 Å². The van der Waals surface area contributed by atoms with Gasteiger partial charge in [0, 0.05) is 5.92 Å². The lowest BCUT2D eigenvalue weighted by Crippen LogP contribution is -2.22. The van der Waals surface area contributed by atoms with E-state index in [1.165, 1.54) is 75.3 Å². The van der Waals surface area contributed by atoms with Crippen molar-refractivity contribution in [1.82, 2.24) is 0 Å². The summed E-state index contributed by atoms with van der Waals surface area (Å²) in [6.45, 7) is 6.09. The zero-order valence-corrected chi connectivity index (χ0v) is 20.6. The van der Waals surface area contributed by atoms with Crippen molar-refractivity contribution >= 4 is 11.9 Å². The van der Waals surface area contributed by atoms with Crippen LogP contribution in [0.15, 0.2) is 77.5 Å². The second-order valence-electron chi connectivity index (χ2n) is 9.59. The Morgan fingerprint density at radius 2 is 1.67 bits per heavy atom. The Kier molecular flexibility index (Phi) is 11.1. The van der Waals surface area contributed by atoms with Crippen molar-refractivity contribution in [3.05, 3.63) is 83.9 Å². The summed E-state index contributed by atoms with van der Waals surface area (Å²) in [4.78, 5) is 0. The normalized spacial score (nSPS) is 19.1. The summed E-state index contributed by atoms with van der Waals surface area (Å²) in [5, 5.41) is 9.32. The lowest BCUT2D eigenvalue weighted by molar-refractivity contribution is 0.301. The molecule has 0 spiro atoms. The summed E-state index contributed by atoms with van der Waals surface area (Å²) < 4.78 is 0. The molecule has 0 amide bonds. The molecule has 0 aliphatic heterocycles. The Morgan fingerprint density at radius 3 is 2.36 bits per heavy atom. The fourth-order valence-corrected chi connectivity index (χ4v) is 4.92.